The Bertz CT molecular complexity index is 1050. The van der Waals surface area contributed by atoms with E-state index in [1.54, 1.807) is 12.4 Å². The standard InChI is InChI=1S/C24H25N5O/c1-28-10-2-4-17-12-18(7-9-22(17)28)24(30)29-11-3-5-23(29)21-8-6-19(15-27-21)20-13-25-16-26-14-20/h6-9,12-16,23H,2-5,10-11H2,1H3. The van der Waals surface area contributed by atoms with E-state index in [1.165, 1.54) is 17.6 Å². The molecule has 4 heterocycles. The molecule has 1 aromatic carbocycles. The number of carbonyl (C=O) groups excluding carboxylic acids is 1. The monoisotopic (exact) mass is 399 g/mol. The fourth-order valence-electron chi connectivity index (χ4n) is 4.62. The van der Waals surface area contributed by atoms with Gasteiger partial charge in [-0.15, -0.1) is 0 Å². The molecule has 30 heavy (non-hydrogen) atoms. The number of benzene rings is 1. The van der Waals surface area contributed by atoms with Crippen LogP contribution in [0.1, 0.15) is 46.9 Å². The van der Waals surface area contributed by atoms with E-state index in [2.05, 4.69) is 39.0 Å². The maximum absolute atomic E-state index is 13.4. The van der Waals surface area contributed by atoms with Crippen LogP contribution in [0.2, 0.25) is 0 Å². The molecular weight excluding hydrogens is 374 g/mol. The van der Waals surface area contributed by atoms with Gasteiger partial charge in [-0.25, -0.2) is 9.97 Å². The van der Waals surface area contributed by atoms with Crippen LogP contribution in [0.25, 0.3) is 11.1 Å². The second-order valence-corrected chi connectivity index (χ2v) is 8.12. The summed E-state index contributed by atoms with van der Waals surface area (Å²) in [5.74, 6) is 0.107. The van der Waals surface area contributed by atoms with Gasteiger partial charge in [-0.2, -0.15) is 0 Å². The maximum Gasteiger partial charge on any atom is 0.254 e. The molecule has 0 spiro atoms. The molecule has 2 aliphatic rings. The van der Waals surface area contributed by atoms with Gasteiger partial charge >= 0.3 is 0 Å². The molecule has 0 bridgehead atoms. The van der Waals surface area contributed by atoms with E-state index in [1.807, 2.05) is 29.3 Å². The minimum atomic E-state index is 0.0253. The lowest BCUT2D eigenvalue weighted by Crippen LogP contribution is -2.31. The number of amides is 1. The zero-order valence-electron chi connectivity index (χ0n) is 17.2. The first-order valence-electron chi connectivity index (χ1n) is 10.6. The first-order valence-corrected chi connectivity index (χ1v) is 10.6. The summed E-state index contributed by atoms with van der Waals surface area (Å²) in [7, 11) is 2.12. The highest BCUT2D eigenvalue weighted by molar-refractivity contribution is 5.95. The molecule has 0 aliphatic carbocycles. The predicted molar refractivity (Wildman–Crippen MR) is 116 cm³/mol. The fraction of sp³-hybridized carbons (Fsp3) is 0.333. The zero-order valence-corrected chi connectivity index (χ0v) is 17.2. The van der Waals surface area contributed by atoms with Crippen molar-refractivity contribution < 1.29 is 4.79 Å². The Hall–Kier alpha value is -3.28. The Balaban J connectivity index is 1.38. The quantitative estimate of drug-likeness (QED) is 0.668. The molecule has 0 saturated carbocycles. The molecule has 1 saturated heterocycles. The van der Waals surface area contributed by atoms with Crippen molar-refractivity contribution in [1.29, 1.82) is 0 Å². The minimum absolute atomic E-state index is 0.0253. The highest BCUT2D eigenvalue weighted by Gasteiger charge is 2.32. The second-order valence-electron chi connectivity index (χ2n) is 8.12. The number of pyridine rings is 1. The van der Waals surface area contributed by atoms with Crippen LogP contribution in [0.4, 0.5) is 5.69 Å². The summed E-state index contributed by atoms with van der Waals surface area (Å²) in [6, 6.07) is 10.3. The van der Waals surface area contributed by atoms with Crippen molar-refractivity contribution in [3.8, 4) is 11.1 Å². The van der Waals surface area contributed by atoms with Gasteiger partial charge in [0.2, 0.25) is 0 Å². The molecule has 1 amide bonds. The Morgan fingerprint density at radius 3 is 2.67 bits per heavy atom. The lowest BCUT2D eigenvalue weighted by Gasteiger charge is -2.29. The number of carbonyl (C=O) groups is 1. The van der Waals surface area contributed by atoms with Gasteiger partial charge in [0.05, 0.1) is 11.7 Å². The number of hydrogen-bond acceptors (Lipinski definition) is 5. The third-order valence-corrected chi connectivity index (χ3v) is 6.21. The summed E-state index contributed by atoms with van der Waals surface area (Å²) in [4.78, 5) is 30.4. The zero-order chi connectivity index (χ0) is 20.5. The van der Waals surface area contributed by atoms with Crippen LogP contribution in [0.15, 0.2) is 55.2 Å². The SMILES string of the molecule is CN1CCCc2cc(C(=O)N3CCCC3c3ccc(-c4cncnc4)cn3)ccc21. The van der Waals surface area contributed by atoms with Crippen molar-refractivity contribution in [1.82, 2.24) is 19.9 Å². The molecular formula is C24H25N5O. The van der Waals surface area contributed by atoms with Gasteiger partial charge in [-0.3, -0.25) is 9.78 Å². The largest absolute Gasteiger partial charge is 0.374 e. The summed E-state index contributed by atoms with van der Waals surface area (Å²) < 4.78 is 0. The molecule has 6 nitrogen and oxygen atoms in total. The Morgan fingerprint density at radius 1 is 1.00 bits per heavy atom. The molecule has 5 rings (SSSR count). The van der Waals surface area contributed by atoms with Crippen LogP contribution in [0.5, 0.6) is 0 Å². The summed E-state index contributed by atoms with van der Waals surface area (Å²) in [5, 5.41) is 0. The van der Waals surface area contributed by atoms with Crippen molar-refractivity contribution in [2.24, 2.45) is 0 Å². The highest BCUT2D eigenvalue weighted by atomic mass is 16.2. The van der Waals surface area contributed by atoms with Gasteiger partial charge in [-0.1, -0.05) is 6.07 Å². The molecule has 1 unspecified atom stereocenters. The minimum Gasteiger partial charge on any atom is -0.374 e. The molecule has 0 radical (unpaired) electrons. The van der Waals surface area contributed by atoms with E-state index < -0.39 is 0 Å². The Labute approximate surface area is 176 Å². The predicted octanol–water partition coefficient (Wildman–Crippen LogP) is 3.90. The van der Waals surface area contributed by atoms with E-state index in [4.69, 9.17) is 0 Å². The average molecular weight is 399 g/mol. The fourth-order valence-corrected chi connectivity index (χ4v) is 4.62. The Morgan fingerprint density at radius 2 is 1.87 bits per heavy atom. The molecule has 6 heteroatoms. The summed E-state index contributed by atoms with van der Waals surface area (Å²) in [6.45, 7) is 1.85. The number of nitrogens with zero attached hydrogens (tertiary/aromatic N) is 5. The van der Waals surface area contributed by atoms with Gasteiger partial charge in [0.15, 0.2) is 0 Å². The van der Waals surface area contributed by atoms with Crippen LogP contribution >= 0.6 is 0 Å². The van der Waals surface area contributed by atoms with Crippen molar-refractivity contribution in [3.63, 3.8) is 0 Å². The first kappa shape index (κ1) is 18.7. The van der Waals surface area contributed by atoms with E-state index in [9.17, 15) is 4.79 Å². The first-order chi connectivity index (χ1) is 14.7. The second kappa shape index (κ2) is 7.86. The molecule has 1 atom stereocenters. The van der Waals surface area contributed by atoms with Crippen molar-refractivity contribution in [3.05, 3.63) is 72.1 Å². The van der Waals surface area contributed by atoms with Gasteiger partial charge in [0.25, 0.3) is 5.91 Å². The Kier molecular flexibility index (Phi) is 4.91. The molecule has 1 fully saturated rings. The maximum atomic E-state index is 13.4. The number of fused-ring (bicyclic) bond motifs is 1. The van der Waals surface area contributed by atoms with Crippen molar-refractivity contribution in [2.45, 2.75) is 31.7 Å². The lowest BCUT2D eigenvalue weighted by atomic mass is 9.99. The summed E-state index contributed by atoms with van der Waals surface area (Å²) in [5.41, 5.74) is 6.17. The van der Waals surface area contributed by atoms with Gasteiger partial charge in [0.1, 0.15) is 6.33 Å². The number of likely N-dealkylation sites (tertiary alicyclic amines) is 1. The molecule has 3 aromatic rings. The van der Waals surface area contributed by atoms with Gasteiger partial charge in [0, 0.05) is 61.1 Å². The third-order valence-electron chi connectivity index (χ3n) is 6.21. The number of anilines is 1. The topological polar surface area (TPSA) is 62.2 Å². The van der Waals surface area contributed by atoms with E-state index >= 15 is 0 Å². The summed E-state index contributed by atoms with van der Waals surface area (Å²) in [6.07, 6.45) is 11.0. The van der Waals surface area contributed by atoms with Crippen LogP contribution in [-0.4, -0.2) is 45.9 Å². The smallest absolute Gasteiger partial charge is 0.254 e. The molecule has 152 valence electrons. The van der Waals surface area contributed by atoms with Crippen LogP contribution in [0, 0.1) is 0 Å². The van der Waals surface area contributed by atoms with E-state index in [0.29, 0.717) is 0 Å². The lowest BCUT2D eigenvalue weighted by molar-refractivity contribution is 0.0733. The van der Waals surface area contributed by atoms with Gasteiger partial charge in [-0.05, 0) is 55.5 Å². The van der Waals surface area contributed by atoms with Crippen molar-refractivity contribution >= 4 is 11.6 Å². The van der Waals surface area contributed by atoms with Crippen LogP contribution in [-0.2, 0) is 6.42 Å². The molecule has 2 aliphatic heterocycles. The average Bonchev–Trinajstić information content (AvgIpc) is 3.29. The number of aromatic nitrogens is 3. The number of rotatable bonds is 3. The number of hydrogen-bond donors (Lipinski definition) is 0. The van der Waals surface area contributed by atoms with E-state index in [-0.39, 0.29) is 11.9 Å². The highest BCUT2D eigenvalue weighted by Crippen LogP contribution is 2.34. The van der Waals surface area contributed by atoms with Gasteiger partial charge < -0.3 is 9.80 Å². The van der Waals surface area contributed by atoms with Crippen LogP contribution < -0.4 is 4.90 Å². The molecule has 0 N–H and O–H groups in total. The normalized spacial score (nSPS) is 18.4. The third kappa shape index (κ3) is 3.43. The molecule has 2 aromatic heterocycles. The summed E-state index contributed by atoms with van der Waals surface area (Å²) >= 11 is 0. The number of aryl methyl sites for hydroxylation is 1. The van der Waals surface area contributed by atoms with Crippen molar-refractivity contribution in [2.75, 3.05) is 25.0 Å². The van der Waals surface area contributed by atoms with Crippen LogP contribution in [0.3, 0.4) is 0 Å². The van der Waals surface area contributed by atoms with E-state index in [0.717, 1.165) is 61.2 Å².